The van der Waals surface area contributed by atoms with Gasteiger partial charge in [0.2, 0.25) is 0 Å². The van der Waals surface area contributed by atoms with Crippen LogP contribution in [0.25, 0.3) is 11.3 Å². The van der Waals surface area contributed by atoms with Gasteiger partial charge in [-0.15, -0.1) is 11.3 Å². The first-order valence-corrected chi connectivity index (χ1v) is 12.0. The molecule has 6 nitrogen and oxygen atoms in total. The number of hydrogen-bond acceptors (Lipinski definition) is 6. The molecule has 1 saturated heterocycles. The van der Waals surface area contributed by atoms with Gasteiger partial charge in [0.25, 0.3) is 5.91 Å². The van der Waals surface area contributed by atoms with E-state index < -0.39 is 23.5 Å². The van der Waals surface area contributed by atoms with Crippen molar-refractivity contribution in [1.82, 2.24) is 14.9 Å². The second-order valence-corrected chi connectivity index (χ2v) is 9.63. The van der Waals surface area contributed by atoms with Crippen molar-refractivity contribution < 1.29 is 22.4 Å². The van der Waals surface area contributed by atoms with Gasteiger partial charge in [-0.2, -0.15) is 13.2 Å². The highest BCUT2D eigenvalue weighted by atomic mass is 35.5. The van der Waals surface area contributed by atoms with E-state index in [1.54, 1.807) is 0 Å². The Balaban J connectivity index is 1.46. The summed E-state index contributed by atoms with van der Waals surface area (Å²) in [4.78, 5) is 25.4. The minimum absolute atomic E-state index is 0.0125. The van der Waals surface area contributed by atoms with Gasteiger partial charge >= 0.3 is 6.18 Å². The molecule has 1 N–H and O–H groups in total. The lowest BCUT2D eigenvalue weighted by Crippen LogP contribution is -2.42. The first-order chi connectivity index (χ1) is 16.5. The van der Waals surface area contributed by atoms with E-state index in [4.69, 9.17) is 11.6 Å². The van der Waals surface area contributed by atoms with Gasteiger partial charge in [0.1, 0.15) is 11.6 Å². The molecule has 3 heterocycles. The zero-order chi connectivity index (χ0) is 25.3. The van der Waals surface area contributed by atoms with E-state index in [9.17, 15) is 22.4 Å². The molecule has 12 heteroatoms. The fourth-order valence-corrected chi connectivity index (χ4v) is 4.95. The smallest absolute Gasteiger partial charge is 0.355 e. The third-order valence-corrected chi connectivity index (χ3v) is 6.92. The molecule has 3 aromatic rings. The number of halogens is 5. The third kappa shape index (κ3) is 5.57. The van der Waals surface area contributed by atoms with Crippen molar-refractivity contribution in [3.05, 3.63) is 57.8 Å². The van der Waals surface area contributed by atoms with Crippen molar-refractivity contribution >= 4 is 39.8 Å². The van der Waals surface area contributed by atoms with Crippen molar-refractivity contribution in [2.45, 2.75) is 25.1 Å². The van der Waals surface area contributed by atoms with Gasteiger partial charge in [-0.3, -0.25) is 10.1 Å². The van der Waals surface area contributed by atoms with Crippen molar-refractivity contribution in [3.63, 3.8) is 0 Å². The van der Waals surface area contributed by atoms with Crippen LogP contribution in [0.1, 0.15) is 28.8 Å². The van der Waals surface area contributed by atoms with Gasteiger partial charge in [-0.1, -0.05) is 17.7 Å². The molecule has 1 fully saturated rings. The van der Waals surface area contributed by atoms with Gasteiger partial charge < -0.3 is 9.80 Å². The second kappa shape index (κ2) is 10.1. The monoisotopic (exact) mass is 527 g/mol. The largest absolute Gasteiger partial charge is 0.419 e. The van der Waals surface area contributed by atoms with Gasteiger partial charge in [0.05, 0.1) is 21.8 Å². The summed E-state index contributed by atoms with van der Waals surface area (Å²) in [5, 5.41) is 4.38. The number of piperidine rings is 1. The summed E-state index contributed by atoms with van der Waals surface area (Å²) in [7, 11) is 4.11. The summed E-state index contributed by atoms with van der Waals surface area (Å²) < 4.78 is 53.4. The van der Waals surface area contributed by atoms with Crippen LogP contribution in [0.4, 0.5) is 28.5 Å². The average Bonchev–Trinajstić information content (AvgIpc) is 3.26. The summed E-state index contributed by atoms with van der Waals surface area (Å²) in [5.41, 5.74) is -1.49. The predicted molar refractivity (Wildman–Crippen MR) is 129 cm³/mol. The summed E-state index contributed by atoms with van der Waals surface area (Å²) in [6, 6.07) is 4.99. The molecule has 35 heavy (non-hydrogen) atoms. The van der Waals surface area contributed by atoms with E-state index in [0.29, 0.717) is 22.9 Å². The molecule has 1 aliphatic rings. The molecule has 4 rings (SSSR count). The summed E-state index contributed by atoms with van der Waals surface area (Å²) in [6.45, 7) is 1.60. The highest BCUT2D eigenvalue weighted by molar-refractivity contribution is 7.14. The number of carbonyl (C=O) groups excluding carboxylic acids is 1. The van der Waals surface area contributed by atoms with Crippen LogP contribution in [0.15, 0.2) is 35.8 Å². The molecule has 0 aliphatic carbocycles. The van der Waals surface area contributed by atoms with E-state index in [-0.39, 0.29) is 22.0 Å². The lowest BCUT2D eigenvalue weighted by Gasteiger charge is -2.36. The van der Waals surface area contributed by atoms with E-state index in [1.165, 1.54) is 23.7 Å². The van der Waals surface area contributed by atoms with Crippen LogP contribution in [0.5, 0.6) is 0 Å². The molecule has 0 atom stereocenters. The number of carbonyl (C=O) groups is 1. The van der Waals surface area contributed by atoms with Crippen LogP contribution in [0.2, 0.25) is 5.02 Å². The highest BCUT2D eigenvalue weighted by Crippen LogP contribution is 2.36. The number of hydrogen-bond donors (Lipinski definition) is 1. The van der Waals surface area contributed by atoms with E-state index in [1.807, 2.05) is 0 Å². The molecule has 0 radical (unpaired) electrons. The minimum atomic E-state index is -4.83. The Kier molecular flexibility index (Phi) is 7.30. The van der Waals surface area contributed by atoms with Crippen LogP contribution in [-0.2, 0) is 6.18 Å². The Morgan fingerprint density at radius 3 is 2.60 bits per heavy atom. The van der Waals surface area contributed by atoms with Crippen LogP contribution < -0.4 is 10.2 Å². The van der Waals surface area contributed by atoms with Crippen molar-refractivity contribution in [2.24, 2.45) is 0 Å². The van der Waals surface area contributed by atoms with Crippen molar-refractivity contribution in [2.75, 3.05) is 37.4 Å². The number of pyridine rings is 1. The van der Waals surface area contributed by atoms with E-state index in [0.717, 1.165) is 43.3 Å². The zero-order valence-corrected chi connectivity index (χ0v) is 20.4. The Morgan fingerprint density at radius 2 is 1.97 bits per heavy atom. The van der Waals surface area contributed by atoms with Gasteiger partial charge in [0.15, 0.2) is 5.13 Å². The maximum atomic E-state index is 14.4. The molecule has 186 valence electrons. The van der Waals surface area contributed by atoms with Crippen molar-refractivity contribution in [1.29, 1.82) is 0 Å². The fraction of sp³-hybridized carbons (Fsp3) is 0.348. The maximum absolute atomic E-state index is 14.4. The molecule has 0 spiro atoms. The summed E-state index contributed by atoms with van der Waals surface area (Å²) in [5.74, 6) is -1.34. The summed E-state index contributed by atoms with van der Waals surface area (Å²) in [6.07, 6.45) is -1.46. The zero-order valence-electron chi connectivity index (χ0n) is 18.9. The number of nitrogens with zero attached hydrogens (tertiary/aromatic N) is 4. The minimum Gasteiger partial charge on any atom is -0.355 e. The Labute approximate surface area is 208 Å². The average molecular weight is 528 g/mol. The number of thiazole rings is 1. The molecule has 0 saturated carbocycles. The van der Waals surface area contributed by atoms with Crippen LogP contribution >= 0.6 is 22.9 Å². The molecule has 2 aromatic heterocycles. The fourth-order valence-electron chi connectivity index (χ4n) is 3.95. The Hall–Kier alpha value is -2.76. The highest BCUT2D eigenvalue weighted by Gasteiger charge is 2.35. The maximum Gasteiger partial charge on any atom is 0.419 e. The second-order valence-electron chi connectivity index (χ2n) is 8.37. The number of nitrogens with one attached hydrogen (secondary N) is 1. The summed E-state index contributed by atoms with van der Waals surface area (Å²) >= 11 is 7.39. The van der Waals surface area contributed by atoms with Gasteiger partial charge in [-0.05, 0) is 45.1 Å². The quantitative estimate of drug-likeness (QED) is 0.425. The lowest BCUT2D eigenvalue weighted by atomic mass is 10.0. The molecule has 0 unspecified atom stereocenters. The third-order valence-electron chi connectivity index (χ3n) is 5.88. The lowest BCUT2D eigenvalue weighted by molar-refractivity contribution is -0.139. The van der Waals surface area contributed by atoms with Gasteiger partial charge in [-0.25, -0.2) is 14.4 Å². The van der Waals surface area contributed by atoms with Crippen LogP contribution in [-0.4, -0.2) is 54.0 Å². The van der Waals surface area contributed by atoms with Crippen molar-refractivity contribution in [3.8, 4) is 11.3 Å². The first kappa shape index (κ1) is 25.3. The molecule has 1 amide bonds. The SMILES string of the molecule is CN(C)C1CCN(c2ncc(C(=O)Nc3nc(-c4cccc(C(F)(F)F)c4F)cs3)cc2Cl)CC1. The van der Waals surface area contributed by atoms with E-state index >= 15 is 0 Å². The van der Waals surface area contributed by atoms with Gasteiger partial charge in [0, 0.05) is 36.3 Å². The number of benzene rings is 1. The molecular weight excluding hydrogens is 506 g/mol. The topological polar surface area (TPSA) is 61.4 Å². The van der Waals surface area contributed by atoms with E-state index in [2.05, 4.69) is 39.2 Å². The molecule has 1 aromatic carbocycles. The number of alkyl halides is 3. The normalized spacial score (nSPS) is 15.0. The number of amides is 1. The Morgan fingerprint density at radius 1 is 1.26 bits per heavy atom. The van der Waals surface area contributed by atoms with Crippen LogP contribution in [0, 0.1) is 5.82 Å². The van der Waals surface area contributed by atoms with Crippen LogP contribution in [0.3, 0.4) is 0 Å². The molecule has 1 aliphatic heterocycles. The molecular formula is C23H22ClF4N5OS. The Bertz CT molecular complexity index is 1220. The standard InChI is InChI=1S/C23H22ClF4N5OS/c1-32(2)14-6-8-33(9-7-14)20-17(24)10-13(11-29-20)21(34)31-22-30-18(12-35-22)15-4-3-5-16(19(15)25)23(26,27)28/h3-5,10-12,14H,6-9H2,1-2H3,(H,30,31,34). The molecule has 0 bridgehead atoms. The number of rotatable bonds is 5. The number of aromatic nitrogens is 2. The first-order valence-electron chi connectivity index (χ1n) is 10.7. The number of anilines is 2. The predicted octanol–water partition coefficient (Wildman–Crippen LogP) is 5.80.